The molecule has 1 aliphatic rings. The van der Waals surface area contributed by atoms with Crippen molar-refractivity contribution < 1.29 is 20.5 Å². The number of hydrogen-bond acceptors (Lipinski definition) is 4. The van der Waals surface area contributed by atoms with Crippen LogP contribution < -0.4 is 0 Å². The van der Waals surface area contributed by atoms with Crippen LogP contribution in [0.15, 0.2) is 4.99 Å². The number of aliphatic hydroxyl groups is 1. The Morgan fingerprint density at radius 2 is 2.14 bits per heavy atom. The van der Waals surface area contributed by atoms with Gasteiger partial charge in [0, 0.05) is 6.54 Å². The summed E-state index contributed by atoms with van der Waals surface area (Å²) in [4.78, 5) is 15.7. The molecule has 0 amide bonds. The van der Waals surface area contributed by atoms with Gasteiger partial charge in [0.05, 0.1) is 19.4 Å². The van der Waals surface area contributed by atoms with Crippen LogP contribution >= 0.6 is 0 Å². The van der Waals surface area contributed by atoms with Crippen LogP contribution in [-0.2, 0) is 4.79 Å². The molecular formula is C6H14N2Na2O4. The van der Waals surface area contributed by atoms with Crippen molar-refractivity contribution in [3.63, 3.8) is 0 Å². The maximum absolute atomic E-state index is 10.2. The fourth-order valence-electron chi connectivity index (χ4n) is 0.856. The van der Waals surface area contributed by atoms with E-state index >= 15 is 0 Å². The van der Waals surface area contributed by atoms with Gasteiger partial charge in [0.25, 0.3) is 0 Å². The third-order valence-electron chi connectivity index (χ3n) is 1.45. The van der Waals surface area contributed by atoms with Crippen LogP contribution in [0.25, 0.3) is 0 Å². The number of aliphatic carboxylic acids is 1. The van der Waals surface area contributed by atoms with Gasteiger partial charge < -0.3 is 20.6 Å². The van der Waals surface area contributed by atoms with Gasteiger partial charge in [0.15, 0.2) is 6.10 Å². The van der Waals surface area contributed by atoms with Gasteiger partial charge in [-0.1, -0.05) is 0 Å². The molecule has 4 N–H and O–H groups in total. The topological polar surface area (TPSA) is 105 Å². The van der Waals surface area contributed by atoms with E-state index in [1.165, 1.54) is 0 Å². The molecule has 0 spiro atoms. The summed E-state index contributed by atoms with van der Waals surface area (Å²) in [7, 11) is 0. The normalized spacial score (nSPS) is 14.8. The summed E-state index contributed by atoms with van der Waals surface area (Å²) in [6, 6.07) is 0. The molecule has 8 heteroatoms. The number of carboxylic acids is 1. The third kappa shape index (κ3) is 7.19. The molecule has 1 heterocycles. The van der Waals surface area contributed by atoms with Crippen LogP contribution in [0.3, 0.4) is 0 Å². The van der Waals surface area contributed by atoms with Gasteiger partial charge >= 0.3 is 65.1 Å². The van der Waals surface area contributed by atoms with Crippen molar-refractivity contribution >= 4 is 71.4 Å². The minimum absolute atomic E-state index is 0. The SMILES string of the molecule is O.O=C(O)C(O)CN1C=NCC1.[NaH].[NaH]. The number of β-amino-alcohol motifs (C(OH)–C–C–N with tert-alkyl or cyclic N) is 1. The average molecular weight is 224 g/mol. The molecule has 1 unspecified atom stereocenters. The molecule has 1 rings (SSSR count). The summed E-state index contributed by atoms with van der Waals surface area (Å²) in [6.07, 6.45) is 0.256. The molecule has 0 bridgehead atoms. The Hall–Kier alpha value is 0.860. The standard InChI is InChI=1S/C6H10N2O3.2Na.H2O.2H/c9-5(6(10)11)3-8-2-1-7-4-8;;;;;/h4-5,9H,1-3H2,(H,10,11);;;1H2;;. The molecule has 1 aliphatic heterocycles. The number of rotatable bonds is 3. The Balaban J connectivity index is -0.000000403. The third-order valence-corrected chi connectivity index (χ3v) is 1.45. The van der Waals surface area contributed by atoms with E-state index in [0.717, 1.165) is 0 Å². The van der Waals surface area contributed by atoms with E-state index in [1.807, 2.05) is 0 Å². The first kappa shape index (κ1) is 20.3. The van der Waals surface area contributed by atoms with Gasteiger partial charge in [-0.25, -0.2) is 4.79 Å². The summed E-state index contributed by atoms with van der Waals surface area (Å²) in [5.41, 5.74) is 0. The van der Waals surface area contributed by atoms with Crippen molar-refractivity contribution in [2.45, 2.75) is 6.10 Å². The van der Waals surface area contributed by atoms with Crippen molar-refractivity contribution in [2.75, 3.05) is 19.6 Å². The van der Waals surface area contributed by atoms with Gasteiger partial charge in [0.1, 0.15) is 0 Å². The minimum atomic E-state index is -1.31. The molecule has 6 nitrogen and oxygen atoms in total. The molecule has 0 aromatic carbocycles. The van der Waals surface area contributed by atoms with Crippen molar-refractivity contribution in [3.05, 3.63) is 0 Å². The fourth-order valence-corrected chi connectivity index (χ4v) is 0.856. The van der Waals surface area contributed by atoms with E-state index in [0.29, 0.717) is 13.1 Å². The Kier molecular flexibility index (Phi) is 15.0. The van der Waals surface area contributed by atoms with Crippen LogP contribution in [0.5, 0.6) is 0 Å². The molecule has 0 radical (unpaired) electrons. The van der Waals surface area contributed by atoms with E-state index in [4.69, 9.17) is 10.2 Å². The van der Waals surface area contributed by atoms with E-state index in [2.05, 4.69) is 4.99 Å². The zero-order valence-corrected chi connectivity index (χ0v) is 6.47. The van der Waals surface area contributed by atoms with Crippen LogP contribution in [-0.4, -0.2) is 118 Å². The molecule has 0 fully saturated rings. The Bertz CT molecular complexity index is 191. The van der Waals surface area contributed by atoms with Gasteiger partial charge in [-0.2, -0.15) is 0 Å². The predicted octanol–water partition coefficient (Wildman–Crippen LogP) is -3.35. The van der Waals surface area contributed by atoms with E-state index in [-0.39, 0.29) is 71.1 Å². The van der Waals surface area contributed by atoms with Crippen molar-refractivity contribution in [1.82, 2.24) is 4.90 Å². The summed E-state index contributed by atoms with van der Waals surface area (Å²) >= 11 is 0. The summed E-state index contributed by atoms with van der Waals surface area (Å²) < 4.78 is 0. The second kappa shape index (κ2) is 10.4. The van der Waals surface area contributed by atoms with Crippen LogP contribution in [0.4, 0.5) is 0 Å². The van der Waals surface area contributed by atoms with Crippen molar-refractivity contribution in [3.8, 4) is 0 Å². The first-order chi connectivity index (χ1) is 5.20. The Labute approximate surface area is 126 Å². The van der Waals surface area contributed by atoms with Gasteiger partial charge in [-0.05, 0) is 0 Å². The van der Waals surface area contributed by atoms with E-state index < -0.39 is 12.1 Å². The first-order valence-electron chi connectivity index (χ1n) is 3.35. The summed E-state index contributed by atoms with van der Waals surface area (Å²) in [5, 5.41) is 17.2. The maximum atomic E-state index is 10.2. The zero-order chi connectivity index (χ0) is 8.27. The Morgan fingerprint density at radius 1 is 1.57 bits per heavy atom. The van der Waals surface area contributed by atoms with Crippen LogP contribution in [0.1, 0.15) is 0 Å². The van der Waals surface area contributed by atoms with Gasteiger partial charge in [0.2, 0.25) is 0 Å². The molecule has 1 atom stereocenters. The number of aliphatic imine (C=N–C) groups is 1. The number of carboxylic acid groups (broad SMARTS) is 1. The van der Waals surface area contributed by atoms with E-state index in [1.54, 1.807) is 11.2 Å². The van der Waals surface area contributed by atoms with E-state index in [9.17, 15) is 4.79 Å². The predicted molar refractivity (Wildman–Crippen MR) is 56.5 cm³/mol. The van der Waals surface area contributed by atoms with Gasteiger partial charge in [-0.3, -0.25) is 4.99 Å². The molecule has 0 saturated carbocycles. The Morgan fingerprint density at radius 3 is 2.50 bits per heavy atom. The molecule has 74 valence electrons. The molecule has 0 saturated heterocycles. The monoisotopic (exact) mass is 224 g/mol. The molecule has 0 aromatic rings. The number of carbonyl (C=O) groups is 1. The van der Waals surface area contributed by atoms with Crippen molar-refractivity contribution in [1.29, 1.82) is 0 Å². The van der Waals surface area contributed by atoms with Crippen LogP contribution in [0.2, 0.25) is 0 Å². The molecule has 0 aliphatic carbocycles. The zero-order valence-electron chi connectivity index (χ0n) is 6.47. The second-order valence-electron chi connectivity index (χ2n) is 2.37. The molecule has 14 heavy (non-hydrogen) atoms. The average Bonchev–Trinajstić information content (AvgIpc) is 2.39. The number of nitrogens with zero attached hydrogens (tertiary/aromatic N) is 2. The number of aliphatic hydroxyl groups excluding tert-OH is 1. The summed E-state index contributed by atoms with van der Waals surface area (Å²) in [6.45, 7) is 1.51. The molecular weight excluding hydrogens is 210 g/mol. The fraction of sp³-hybridized carbons (Fsp3) is 0.667. The molecule has 0 aromatic heterocycles. The number of hydrogen-bond donors (Lipinski definition) is 2. The summed E-state index contributed by atoms with van der Waals surface area (Å²) in [5.74, 6) is -1.19. The van der Waals surface area contributed by atoms with Gasteiger partial charge in [-0.15, -0.1) is 0 Å². The second-order valence-corrected chi connectivity index (χ2v) is 2.37. The van der Waals surface area contributed by atoms with Crippen LogP contribution in [0, 0.1) is 0 Å². The quantitative estimate of drug-likeness (QED) is 0.489. The van der Waals surface area contributed by atoms with Crippen molar-refractivity contribution in [2.24, 2.45) is 4.99 Å². The first-order valence-corrected chi connectivity index (χ1v) is 3.35.